The number of nitrogens with one attached hydrogen (secondary N) is 1. The molecule has 0 aliphatic rings. The van der Waals surface area contributed by atoms with Crippen molar-refractivity contribution < 1.29 is 0 Å². The van der Waals surface area contributed by atoms with Crippen LogP contribution in [0.4, 0.5) is 0 Å². The number of H-pyrrole nitrogens is 1. The van der Waals surface area contributed by atoms with Crippen LogP contribution in [0.3, 0.4) is 0 Å². The lowest BCUT2D eigenvalue weighted by molar-refractivity contribution is 1.57. The van der Waals surface area contributed by atoms with Crippen LogP contribution in [0.15, 0.2) is 109 Å². The second-order valence-corrected chi connectivity index (χ2v) is 10.0. The lowest BCUT2D eigenvalue weighted by atomic mass is 9.90. The number of aromatic nitrogens is 1. The molecule has 1 nitrogen and oxygen atoms in total. The molecule has 0 bridgehead atoms. The van der Waals surface area contributed by atoms with E-state index >= 15 is 0 Å². The first kappa shape index (κ1) is 18.3. The van der Waals surface area contributed by atoms with E-state index in [2.05, 4.69) is 114 Å². The summed E-state index contributed by atoms with van der Waals surface area (Å²) in [5.74, 6) is 0. The molecule has 0 amide bonds. The minimum absolute atomic E-state index is 1.18. The van der Waals surface area contributed by atoms with E-state index in [0.717, 1.165) is 0 Å². The van der Waals surface area contributed by atoms with Crippen LogP contribution < -0.4 is 0 Å². The molecule has 0 fully saturated rings. The van der Waals surface area contributed by atoms with Gasteiger partial charge in [-0.1, -0.05) is 91.0 Å². The lowest BCUT2D eigenvalue weighted by Crippen LogP contribution is -1.86. The fourth-order valence-corrected chi connectivity index (χ4v) is 7.01. The average Bonchev–Trinajstić information content (AvgIpc) is 3.48. The zero-order valence-electron chi connectivity index (χ0n) is 18.3. The van der Waals surface area contributed by atoms with Crippen molar-refractivity contribution in [3.63, 3.8) is 0 Å². The number of benzene rings is 6. The van der Waals surface area contributed by atoms with E-state index in [1.54, 1.807) is 0 Å². The van der Waals surface area contributed by atoms with Gasteiger partial charge in [0, 0.05) is 47.2 Å². The molecule has 2 heterocycles. The molecule has 2 heteroatoms. The fraction of sp³-hybridized carbons (Fsp3) is 0. The molecule has 8 rings (SSSR count). The SMILES string of the molecule is c1ccc(-c2cc3c(c4ccccc4c4sc5ccccc5c34)c3[nH]c4ccccc4c23)cc1. The van der Waals surface area contributed by atoms with Gasteiger partial charge in [0.25, 0.3) is 0 Å². The Morgan fingerprint density at radius 2 is 1.18 bits per heavy atom. The zero-order valence-corrected chi connectivity index (χ0v) is 19.1. The molecule has 34 heavy (non-hydrogen) atoms. The molecule has 2 aromatic heterocycles. The normalized spacial score (nSPS) is 12.1. The second kappa shape index (κ2) is 6.69. The highest BCUT2D eigenvalue weighted by atomic mass is 32.1. The smallest absolute Gasteiger partial charge is 0.0557 e. The van der Waals surface area contributed by atoms with Crippen LogP contribution >= 0.6 is 11.3 Å². The van der Waals surface area contributed by atoms with Gasteiger partial charge < -0.3 is 4.98 Å². The van der Waals surface area contributed by atoms with Crippen LogP contribution in [0.5, 0.6) is 0 Å². The number of thiophene rings is 1. The molecular weight excluding hydrogens is 430 g/mol. The molecule has 0 saturated heterocycles. The van der Waals surface area contributed by atoms with Crippen LogP contribution in [0.25, 0.3) is 74.6 Å². The standard InChI is InChI=1S/C32H19NS/c1-2-10-19(11-3-1)24-18-25-28(31-29(24)22-14-6-8-16-26(22)33-31)20-12-4-5-13-21(20)32-30(25)23-15-7-9-17-27(23)34-32/h1-18,33H. The van der Waals surface area contributed by atoms with Gasteiger partial charge in [0.15, 0.2) is 0 Å². The van der Waals surface area contributed by atoms with Crippen molar-refractivity contribution in [3.8, 4) is 11.1 Å². The van der Waals surface area contributed by atoms with Crippen molar-refractivity contribution in [1.82, 2.24) is 4.98 Å². The first-order chi connectivity index (χ1) is 16.9. The summed E-state index contributed by atoms with van der Waals surface area (Å²) in [5, 5.41) is 10.6. The molecule has 0 spiro atoms. The maximum atomic E-state index is 3.83. The largest absolute Gasteiger partial charge is 0.354 e. The first-order valence-corrected chi connectivity index (χ1v) is 12.4. The Morgan fingerprint density at radius 3 is 2.03 bits per heavy atom. The Kier molecular flexibility index (Phi) is 3.60. The quantitative estimate of drug-likeness (QED) is 0.240. The number of aromatic amines is 1. The summed E-state index contributed by atoms with van der Waals surface area (Å²) in [5.41, 5.74) is 4.94. The van der Waals surface area contributed by atoms with E-state index in [1.165, 1.54) is 74.6 Å². The van der Waals surface area contributed by atoms with Gasteiger partial charge in [0.1, 0.15) is 0 Å². The Bertz CT molecular complexity index is 2060. The summed E-state index contributed by atoms with van der Waals surface area (Å²) in [6.07, 6.45) is 0. The van der Waals surface area contributed by atoms with E-state index in [4.69, 9.17) is 0 Å². The van der Waals surface area contributed by atoms with Crippen molar-refractivity contribution in [2.75, 3.05) is 0 Å². The summed E-state index contributed by atoms with van der Waals surface area (Å²) in [7, 11) is 0. The van der Waals surface area contributed by atoms with Gasteiger partial charge in [-0.05, 0) is 40.1 Å². The molecule has 0 radical (unpaired) electrons. The molecular formula is C32H19NS. The van der Waals surface area contributed by atoms with Gasteiger partial charge in [-0.25, -0.2) is 0 Å². The molecule has 0 aliphatic heterocycles. The number of fused-ring (bicyclic) bond motifs is 12. The van der Waals surface area contributed by atoms with Gasteiger partial charge in [0.2, 0.25) is 0 Å². The molecule has 0 saturated carbocycles. The van der Waals surface area contributed by atoms with Crippen molar-refractivity contribution in [3.05, 3.63) is 109 Å². The second-order valence-electron chi connectivity index (χ2n) is 8.98. The third-order valence-corrected chi connectivity index (χ3v) is 8.38. The highest BCUT2D eigenvalue weighted by molar-refractivity contribution is 7.27. The predicted octanol–water partition coefficient (Wildman–Crippen LogP) is 9.66. The molecule has 6 aromatic carbocycles. The monoisotopic (exact) mass is 449 g/mol. The van der Waals surface area contributed by atoms with Gasteiger partial charge in [-0.2, -0.15) is 0 Å². The maximum Gasteiger partial charge on any atom is 0.0557 e. The molecule has 158 valence electrons. The number of rotatable bonds is 1. The van der Waals surface area contributed by atoms with Crippen LogP contribution in [0.2, 0.25) is 0 Å². The number of hydrogen-bond donors (Lipinski definition) is 1. The molecule has 8 aromatic rings. The summed E-state index contributed by atoms with van der Waals surface area (Å²) in [6, 6.07) is 39.7. The molecule has 0 atom stereocenters. The summed E-state index contributed by atoms with van der Waals surface area (Å²) < 4.78 is 2.71. The van der Waals surface area contributed by atoms with Crippen molar-refractivity contribution in [1.29, 1.82) is 0 Å². The Balaban J connectivity index is 1.75. The highest BCUT2D eigenvalue weighted by Crippen LogP contribution is 2.48. The van der Waals surface area contributed by atoms with E-state index in [1.807, 2.05) is 11.3 Å². The van der Waals surface area contributed by atoms with Crippen molar-refractivity contribution in [2.24, 2.45) is 0 Å². The lowest BCUT2D eigenvalue weighted by Gasteiger charge is -2.13. The van der Waals surface area contributed by atoms with Gasteiger partial charge in [-0.15, -0.1) is 11.3 Å². The average molecular weight is 450 g/mol. The topological polar surface area (TPSA) is 15.8 Å². The molecule has 0 unspecified atom stereocenters. The van der Waals surface area contributed by atoms with E-state index in [0.29, 0.717) is 0 Å². The van der Waals surface area contributed by atoms with Crippen molar-refractivity contribution >= 4 is 74.9 Å². The van der Waals surface area contributed by atoms with Crippen LogP contribution in [-0.2, 0) is 0 Å². The minimum Gasteiger partial charge on any atom is -0.354 e. The summed E-state index contributed by atoms with van der Waals surface area (Å²) in [6.45, 7) is 0. The molecule has 1 N–H and O–H groups in total. The third kappa shape index (κ3) is 2.33. The van der Waals surface area contributed by atoms with Crippen LogP contribution in [0.1, 0.15) is 0 Å². The zero-order chi connectivity index (χ0) is 22.2. The van der Waals surface area contributed by atoms with Crippen LogP contribution in [-0.4, -0.2) is 4.98 Å². The fourth-order valence-electron chi connectivity index (χ4n) is 5.76. The predicted molar refractivity (Wildman–Crippen MR) is 149 cm³/mol. The van der Waals surface area contributed by atoms with Gasteiger partial charge in [-0.3, -0.25) is 0 Å². The van der Waals surface area contributed by atoms with E-state index in [9.17, 15) is 0 Å². The summed E-state index contributed by atoms with van der Waals surface area (Å²) in [4.78, 5) is 3.83. The van der Waals surface area contributed by atoms with E-state index < -0.39 is 0 Å². The number of hydrogen-bond acceptors (Lipinski definition) is 1. The third-order valence-electron chi connectivity index (χ3n) is 7.17. The Labute approximate surface area is 199 Å². The maximum absolute atomic E-state index is 3.83. The Morgan fingerprint density at radius 1 is 0.500 bits per heavy atom. The minimum atomic E-state index is 1.18. The molecule has 0 aliphatic carbocycles. The van der Waals surface area contributed by atoms with Crippen molar-refractivity contribution in [2.45, 2.75) is 0 Å². The highest BCUT2D eigenvalue weighted by Gasteiger charge is 2.20. The number of para-hydroxylation sites is 1. The first-order valence-electron chi connectivity index (χ1n) is 11.6. The van der Waals surface area contributed by atoms with Gasteiger partial charge >= 0.3 is 0 Å². The van der Waals surface area contributed by atoms with Crippen LogP contribution in [0, 0.1) is 0 Å². The Hall–Kier alpha value is -4.14. The van der Waals surface area contributed by atoms with E-state index in [-0.39, 0.29) is 0 Å². The van der Waals surface area contributed by atoms with Gasteiger partial charge in [0.05, 0.1) is 5.52 Å². The summed E-state index contributed by atoms with van der Waals surface area (Å²) >= 11 is 1.91.